The quantitative estimate of drug-likeness (QED) is 0.327. The van der Waals surface area contributed by atoms with Crippen molar-refractivity contribution in [1.29, 1.82) is 0 Å². The highest BCUT2D eigenvalue weighted by atomic mass is 35.5. The van der Waals surface area contributed by atoms with E-state index in [1.54, 1.807) is 41.2 Å². The molecule has 1 aromatic heterocycles. The number of amides is 1. The molecule has 1 unspecified atom stereocenters. The van der Waals surface area contributed by atoms with E-state index in [0.717, 1.165) is 24.9 Å². The van der Waals surface area contributed by atoms with Gasteiger partial charge in [0.05, 0.1) is 38.4 Å². The molecule has 1 aliphatic heterocycles. The number of carbonyl (C=O) groups is 1. The minimum Gasteiger partial charge on any atom is -0.490 e. The van der Waals surface area contributed by atoms with E-state index in [0.29, 0.717) is 45.7 Å². The van der Waals surface area contributed by atoms with Crippen molar-refractivity contribution in [3.8, 4) is 5.75 Å². The van der Waals surface area contributed by atoms with E-state index in [9.17, 15) is 13.2 Å². The highest BCUT2D eigenvalue weighted by Crippen LogP contribution is 2.36. The number of carbonyl (C=O) groups excluding carboxylic acids is 1. The second-order valence-corrected chi connectivity index (χ2v) is 13.8. The molecule has 2 aromatic carbocycles. The zero-order valence-electron chi connectivity index (χ0n) is 23.6. The van der Waals surface area contributed by atoms with E-state index in [1.165, 1.54) is 6.26 Å². The van der Waals surface area contributed by atoms with Gasteiger partial charge in [0.15, 0.2) is 9.84 Å². The molecule has 3 atom stereocenters. The van der Waals surface area contributed by atoms with Crippen molar-refractivity contribution in [2.45, 2.75) is 43.8 Å². The fourth-order valence-corrected chi connectivity index (χ4v) is 6.77. The van der Waals surface area contributed by atoms with Crippen LogP contribution < -0.4 is 10.5 Å². The van der Waals surface area contributed by atoms with Gasteiger partial charge in [0, 0.05) is 23.6 Å². The van der Waals surface area contributed by atoms with Gasteiger partial charge in [-0.3, -0.25) is 9.36 Å². The molecule has 0 radical (unpaired) electrons. The van der Waals surface area contributed by atoms with Crippen LogP contribution in [0.5, 0.6) is 5.75 Å². The second kappa shape index (κ2) is 12.3. The van der Waals surface area contributed by atoms with Gasteiger partial charge in [0.2, 0.25) is 5.91 Å². The predicted molar refractivity (Wildman–Crippen MR) is 168 cm³/mol. The number of hydrogen-bond acceptors (Lipinski definition) is 8. The summed E-state index contributed by atoms with van der Waals surface area (Å²) in [6.45, 7) is 3.46. The number of nitrogens with two attached hydrogens (primary N) is 1. The number of fused-ring (bicyclic) bond motifs is 1. The third-order valence-corrected chi connectivity index (χ3v) is 9.32. The number of halogens is 1. The number of nitrogens with zero attached hydrogens (tertiary/aromatic N) is 3. The van der Waals surface area contributed by atoms with E-state index < -0.39 is 28.0 Å². The summed E-state index contributed by atoms with van der Waals surface area (Å²) in [6.07, 6.45) is 7.13. The lowest BCUT2D eigenvalue weighted by Gasteiger charge is -2.27. The van der Waals surface area contributed by atoms with E-state index in [1.807, 2.05) is 25.1 Å². The molecule has 1 amide bonds. The summed E-state index contributed by atoms with van der Waals surface area (Å²) >= 11 is 12.4. The summed E-state index contributed by atoms with van der Waals surface area (Å²) in [5, 5.41) is 0.459. The Bertz CT molecular complexity index is 1720. The van der Waals surface area contributed by atoms with Crippen molar-refractivity contribution in [3.63, 3.8) is 0 Å². The number of hydrogen-bond donors (Lipinski definition) is 1. The van der Waals surface area contributed by atoms with Crippen molar-refractivity contribution in [2.75, 3.05) is 26.5 Å². The summed E-state index contributed by atoms with van der Waals surface area (Å²) < 4.78 is 38.0. The Labute approximate surface area is 255 Å². The lowest BCUT2D eigenvalue weighted by molar-refractivity contribution is -0.114. The van der Waals surface area contributed by atoms with Gasteiger partial charge in [-0.25, -0.2) is 13.4 Å². The molecule has 0 bridgehead atoms. The molecule has 1 fully saturated rings. The van der Waals surface area contributed by atoms with Crippen LogP contribution >= 0.6 is 23.8 Å². The molecule has 2 aliphatic rings. The molecule has 1 saturated heterocycles. The monoisotopic (exact) mass is 628 g/mol. The minimum atomic E-state index is -3.24. The van der Waals surface area contributed by atoms with Gasteiger partial charge in [-0.15, -0.1) is 0 Å². The molecule has 2 heterocycles. The first-order chi connectivity index (χ1) is 19.9. The summed E-state index contributed by atoms with van der Waals surface area (Å²) in [4.78, 5) is 19.4. The molecular weight excluding hydrogens is 596 g/mol. The van der Waals surface area contributed by atoms with Crippen molar-refractivity contribution in [1.82, 2.24) is 14.5 Å². The van der Waals surface area contributed by atoms with Gasteiger partial charge >= 0.3 is 0 Å². The summed E-state index contributed by atoms with van der Waals surface area (Å²) in [5.41, 5.74) is 9.10. The topological polar surface area (TPSA) is 117 Å². The van der Waals surface area contributed by atoms with Crippen LogP contribution in [0.25, 0.3) is 16.7 Å². The summed E-state index contributed by atoms with van der Waals surface area (Å²) in [7, 11) is -1.14. The van der Waals surface area contributed by atoms with E-state index in [2.05, 4.69) is 16.9 Å². The molecule has 3 aromatic rings. The standard InChI is InChI=1S/C30H33ClN4O5S2/c1-18(22-7-4-8-26(28(22)31)39-15-20-6-5-11-34(20)2)40-27-14-21(13-23(29(27)41)30(32)36)35-17-33-24-10-9-19(12-25(24)35)16-42(3,37)38/h4,7-10,12-14,17-18,20,27H,5-6,11,15-16H2,1-3H3,(H2,32,36)/t18-,20+,27?/m1/s1. The number of allylic oxidation sites excluding steroid dienone is 2. The van der Waals surface area contributed by atoms with Crippen LogP contribution in [0.3, 0.4) is 0 Å². The van der Waals surface area contributed by atoms with Gasteiger partial charge in [0.1, 0.15) is 24.8 Å². The number of aromatic nitrogens is 2. The van der Waals surface area contributed by atoms with Crippen LogP contribution in [-0.2, 0) is 25.1 Å². The van der Waals surface area contributed by atoms with Crippen molar-refractivity contribution >= 4 is 61.2 Å². The molecule has 9 nitrogen and oxygen atoms in total. The van der Waals surface area contributed by atoms with Gasteiger partial charge in [-0.05, 0) is 69.3 Å². The zero-order valence-corrected chi connectivity index (χ0v) is 26.0. The van der Waals surface area contributed by atoms with E-state index >= 15 is 0 Å². The number of sulfone groups is 1. The largest absolute Gasteiger partial charge is 0.490 e. The Hall–Kier alpha value is -3.09. The highest BCUT2D eigenvalue weighted by molar-refractivity contribution is 7.89. The first-order valence-electron chi connectivity index (χ1n) is 13.6. The first-order valence-corrected chi connectivity index (χ1v) is 16.4. The lowest BCUT2D eigenvalue weighted by atomic mass is 9.98. The van der Waals surface area contributed by atoms with Crippen molar-refractivity contribution in [3.05, 3.63) is 76.6 Å². The second-order valence-electron chi connectivity index (χ2n) is 10.8. The number of benzene rings is 2. The Morgan fingerprint density at radius 1 is 1.29 bits per heavy atom. The molecule has 2 N–H and O–H groups in total. The molecule has 5 rings (SSSR count). The zero-order chi connectivity index (χ0) is 30.2. The number of primary amides is 1. The maximum absolute atomic E-state index is 12.4. The molecular formula is C30H33ClN4O5S2. The fourth-order valence-electron chi connectivity index (χ4n) is 5.37. The number of imidazole rings is 1. The van der Waals surface area contributed by atoms with E-state index in [-0.39, 0.29) is 16.2 Å². The van der Waals surface area contributed by atoms with Gasteiger partial charge in [0.25, 0.3) is 0 Å². The van der Waals surface area contributed by atoms with Crippen LogP contribution in [0.2, 0.25) is 5.02 Å². The molecule has 222 valence electrons. The Morgan fingerprint density at radius 3 is 2.76 bits per heavy atom. The Balaban J connectivity index is 1.42. The fraction of sp³-hybridized carbons (Fsp3) is 0.367. The van der Waals surface area contributed by atoms with Crippen LogP contribution in [0, 0.1) is 0 Å². The molecule has 42 heavy (non-hydrogen) atoms. The maximum atomic E-state index is 12.4. The maximum Gasteiger partial charge on any atom is 0.250 e. The molecule has 0 spiro atoms. The molecule has 12 heteroatoms. The van der Waals surface area contributed by atoms with Gasteiger partial charge in [-0.1, -0.05) is 42.0 Å². The van der Waals surface area contributed by atoms with Crippen LogP contribution in [0.1, 0.15) is 37.0 Å². The third kappa shape index (κ3) is 6.60. The lowest BCUT2D eigenvalue weighted by Crippen LogP contribution is -2.32. The van der Waals surface area contributed by atoms with E-state index in [4.69, 9.17) is 39.0 Å². The first kappa shape index (κ1) is 30.4. The number of ether oxygens (including phenoxy) is 2. The third-order valence-electron chi connectivity index (χ3n) is 7.61. The summed E-state index contributed by atoms with van der Waals surface area (Å²) in [6, 6.07) is 11.2. The summed E-state index contributed by atoms with van der Waals surface area (Å²) in [5.74, 6) is -0.205. The SMILES string of the molecule is C[C@@H](OC1C=C(n2cnc3ccc(CS(C)(=O)=O)cc32)C=C(C(N)=O)C1=S)c1cccc(OC[C@@H]2CCCN2C)c1Cl. The normalized spacial score (nSPS) is 20.4. The number of rotatable bonds is 10. The predicted octanol–water partition coefficient (Wildman–Crippen LogP) is 4.49. The minimum absolute atomic E-state index is 0.107. The number of likely N-dealkylation sites (N-methyl/N-ethyl adjacent to an activating group) is 1. The van der Waals surface area contributed by atoms with Crippen molar-refractivity contribution < 1.29 is 22.7 Å². The van der Waals surface area contributed by atoms with Gasteiger partial charge < -0.3 is 20.1 Å². The van der Waals surface area contributed by atoms with Gasteiger partial charge in [-0.2, -0.15) is 0 Å². The Morgan fingerprint density at radius 2 is 2.07 bits per heavy atom. The smallest absolute Gasteiger partial charge is 0.250 e. The molecule has 0 saturated carbocycles. The van der Waals surface area contributed by atoms with Crippen LogP contribution in [0.15, 0.2) is 60.5 Å². The van der Waals surface area contributed by atoms with Crippen LogP contribution in [0.4, 0.5) is 0 Å². The highest BCUT2D eigenvalue weighted by Gasteiger charge is 2.29. The Kier molecular flexibility index (Phi) is 8.86. The number of thiocarbonyl (C=S) groups is 1. The average Bonchev–Trinajstić information content (AvgIpc) is 3.53. The molecule has 1 aliphatic carbocycles. The van der Waals surface area contributed by atoms with Crippen LogP contribution in [-0.4, -0.2) is 72.2 Å². The average molecular weight is 629 g/mol. The van der Waals surface area contributed by atoms with Crippen molar-refractivity contribution in [2.24, 2.45) is 5.73 Å². The number of likely N-dealkylation sites (tertiary alicyclic amines) is 1.